The topological polar surface area (TPSA) is 78.6 Å². The van der Waals surface area contributed by atoms with Gasteiger partial charge in [0.1, 0.15) is 0 Å². The van der Waals surface area contributed by atoms with Crippen LogP contribution in [0.3, 0.4) is 0 Å². The van der Waals surface area contributed by atoms with Gasteiger partial charge in [0.15, 0.2) is 9.84 Å². The average Bonchev–Trinajstić information content (AvgIpc) is 2.30. The molecule has 1 aliphatic heterocycles. The molecule has 1 saturated heterocycles. The minimum absolute atomic E-state index is 0.0755. The third kappa shape index (κ3) is 4.01. The summed E-state index contributed by atoms with van der Waals surface area (Å²) in [7, 11) is -2.95. The molecule has 6 heteroatoms. The molecule has 0 bridgehead atoms. The van der Waals surface area contributed by atoms with E-state index in [0.717, 1.165) is 12.8 Å². The van der Waals surface area contributed by atoms with Gasteiger partial charge in [-0.25, -0.2) is 8.42 Å². The van der Waals surface area contributed by atoms with Gasteiger partial charge >= 0.3 is 0 Å². The van der Waals surface area contributed by atoms with Crippen molar-refractivity contribution >= 4 is 9.84 Å². The van der Waals surface area contributed by atoms with E-state index in [1.165, 1.54) is 0 Å². The highest BCUT2D eigenvalue weighted by atomic mass is 32.2. The molecule has 1 heterocycles. The molecule has 0 radical (unpaired) electrons. The molecule has 16 heavy (non-hydrogen) atoms. The number of sulfone groups is 1. The van der Waals surface area contributed by atoms with Crippen molar-refractivity contribution in [3.05, 3.63) is 0 Å². The first kappa shape index (κ1) is 13.9. The lowest BCUT2D eigenvalue weighted by Crippen LogP contribution is -2.46. The van der Waals surface area contributed by atoms with E-state index in [0.29, 0.717) is 19.8 Å². The molecular formula is C10H21NO4S. The molecule has 0 aromatic rings. The fourth-order valence-electron chi connectivity index (χ4n) is 1.68. The lowest BCUT2D eigenvalue weighted by molar-refractivity contribution is -0.0999. The van der Waals surface area contributed by atoms with E-state index >= 15 is 0 Å². The Morgan fingerprint density at radius 3 is 2.50 bits per heavy atom. The molecule has 0 spiro atoms. The Morgan fingerprint density at radius 2 is 2.00 bits per heavy atom. The summed E-state index contributed by atoms with van der Waals surface area (Å²) in [5.41, 5.74) is 5.32. The van der Waals surface area contributed by atoms with Gasteiger partial charge in [-0.3, -0.25) is 0 Å². The van der Waals surface area contributed by atoms with E-state index in [-0.39, 0.29) is 23.7 Å². The van der Waals surface area contributed by atoms with Crippen molar-refractivity contribution in [2.24, 2.45) is 5.73 Å². The zero-order valence-corrected chi connectivity index (χ0v) is 10.6. The summed E-state index contributed by atoms with van der Waals surface area (Å²) in [5.74, 6) is 0.237. The average molecular weight is 251 g/mol. The Labute approximate surface area is 97.2 Å². The van der Waals surface area contributed by atoms with Gasteiger partial charge < -0.3 is 15.2 Å². The summed E-state index contributed by atoms with van der Waals surface area (Å²) < 4.78 is 33.5. The number of hydrogen-bond donors (Lipinski definition) is 1. The van der Waals surface area contributed by atoms with E-state index in [2.05, 4.69) is 0 Å². The lowest BCUT2D eigenvalue weighted by Gasteiger charge is -2.36. The number of hydrogen-bond acceptors (Lipinski definition) is 5. The standard InChI is InChI=1S/C10H21NO4S/c1-2-16(12,13)8-7-15-10(9-11)3-5-14-6-4-10/h2-9,11H2,1H3. The van der Waals surface area contributed by atoms with Crippen molar-refractivity contribution in [1.82, 2.24) is 0 Å². The molecule has 0 atom stereocenters. The zero-order chi connectivity index (χ0) is 12.1. The smallest absolute Gasteiger partial charge is 0.152 e. The fraction of sp³-hybridized carbons (Fsp3) is 1.00. The van der Waals surface area contributed by atoms with Crippen LogP contribution in [-0.2, 0) is 19.3 Å². The van der Waals surface area contributed by atoms with Gasteiger partial charge in [-0.2, -0.15) is 0 Å². The largest absolute Gasteiger partial charge is 0.381 e. The van der Waals surface area contributed by atoms with Crippen molar-refractivity contribution in [2.45, 2.75) is 25.4 Å². The van der Waals surface area contributed by atoms with Crippen LogP contribution in [-0.4, -0.2) is 51.9 Å². The van der Waals surface area contributed by atoms with E-state index in [1.54, 1.807) is 6.92 Å². The van der Waals surface area contributed by atoms with Gasteiger partial charge in [-0.05, 0) is 0 Å². The summed E-state index contributed by atoms with van der Waals surface area (Å²) in [4.78, 5) is 0. The van der Waals surface area contributed by atoms with Gasteiger partial charge in [0.2, 0.25) is 0 Å². The fourth-order valence-corrected chi connectivity index (χ4v) is 2.31. The van der Waals surface area contributed by atoms with Gasteiger partial charge in [0.25, 0.3) is 0 Å². The summed E-state index contributed by atoms with van der Waals surface area (Å²) in [6, 6.07) is 0. The van der Waals surface area contributed by atoms with Gasteiger partial charge in [-0.1, -0.05) is 6.92 Å². The molecular weight excluding hydrogens is 230 g/mol. The molecule has 0 aromatic carbocycles. The second kappa shape index (κ2) is 5.95. The number of rotatable bonds is 6. The molecule has 5 nitrogen and oxygen atoms in total. The summed E-state index contributed by atoms with van der Waals surface area (Å²) in [6.45, 7) is 3.56. The Kier molecular flexibility index (Phi) is 5.17. The summed E-state index contributed by atoms with van der Waals surface area (Å²) in [5, 5.41) is 0. The minimum Gasteiger partial charge on any atom is -0.381 e. The van der Waals surface area contributed by atoms with Crippen LogP contribution >= 0.6 is 0 Å². The van der Waals surface area contributed by atoms with Crippen molar-refractivity contribution < 1.29 is 17.9 Å². The van der Waals surface area contributed by atoms with Gasteiger partial charge in [-0.15, -0.1) is 0 Å². The van der Waals surface area contributed by atoms with Crippen LogP contribution in [0.4, 0.5) is 0 Å². The number of ether oxygens (including phenoxy) is 2. The quantitative estimate of drug-likeness (QED) is 0.716. The maximum Gasteiger partial charge on any atom is 0.152 e. The first-order chi connectivity index (χ1) is 7.54. The zero-order valence-electron chi connectivity index (χ0n) is 9.78. The number of nitrogens with two attached hydrogens (primary N) is 1. The van der Waals surface area contributed by atoms with Crippen LogP contribution in [0.5, 0.6) is 0 Å². The van der Waals surface area contributed by atoms with Crippen LogP contribution in [0.15, 0.2) is 0 Å². The maximum absolute atomic E-state index is 11.3. The molecule has 96 valence electrons. The van der Waals surface area contributed by atoms with Crippen molar-refractivity contribution in [2.75, 3.05) is 37.9 Å². The Bertz CT molecular complexity index is 296. The second-order valence-corrected chi connectivity index (χ2v) is 6.56. The second-order valence-electron chi connectivity index (χ2n) is 4.08. The molecule has 1 rings (SSSR count). The predicted molar refractivity (Wildman–Crippen MR) is 62.1 cm³/mol. The van der Waals surface area contributed by atoms with E-state index in [9.17, 15) is 8.42 Å². The molecule has 0 unspecified atom stereocenters. The van der Waals surface area contributed by atoms with E-state index < -0.39 is 9.84 Å². The third-order valence-corrected chi connectivity index (χ3v) is 4.69. The first-order valence-corrected chi connectivity index (χ1v) is 7.48. The molecule has 1 fully saturated rings. The van der Waals surface area contributed by atoms with Crippen molar-refractivity contribution in [1.29, 1.82) is 0 Å². The molecule has 0 aliphatic carbocycles. The molecule has 1 aliphatic rings. The van der Waals surface area contributed by atoms with E-state index in [1.807, 2.05) is 0 Å². The highest BCUT2D eigenvalue weighted by Crippen LogP contribution is 2.23. The SMILES string of the molecule is CCS(=O)(=O)CCOC1(CN)CCOCC1. The minimum atomic E-state index is -2.95. The van der Waals surface area contributed by atoms with Gasteiger partial charge in [0, 0.05) is 38.4 Å². The molecule has 0 aromatic heterocycles. The van der Waals surface area contributed by atoms with Gasteiger partial charge in [0.05, 0.1) is 18.0 Å². The van der Waals surface area contributed by atoms with Crippen molar-refractivity contribution in [3.63, 3.8) is 0 Å². The van der Waals surface area contributed by atoms with Crippen LogP contribution in [0.2, 0.25) is 0 Å². The van der Waals surface area contributed by atoms with Crippen LogP contribution in [0.25, 0.3) is 0 Å². The molecule has 2 N–H and O–H groups in total. The Hall–Kier alpha value is -0.170. The van der Waals surface area contributed by atoms with Crippen molar-refractivity contribution in [3.8, 4) is 0 Å². The Balaban J connectivity index is 2.39. The highest BCUT2D eigenvalue weighted by molar-refractivity contribution is 7.91. The summed E-state index contributed by atoms with van der Waals surface area (Å²) in [6.07, 6.45) is 1.49. The van der Waals surface area contributed by atoms with Crippen LogP contribution in [0, 0.1) is 0 Å². The predicted octanol–water partition coefficient (Wildman–Crippen LogP) is -0.0544. The lowest BCUT2D eigenvalue weighted by atomic mass is 9.94. The van der Waals surface area contributed by atoms with Crippen LogP contribution < -0.4 is 5.73 Å². The normalized spacial score (nSPS) is 20.9. The monoisotopic (exact) mass is 251 g/mol. The highest BCUT2D eigenvalue weighted by Gasteiger charge is 2.32. The third-order valence-electron chi connectivity index (χ3n) is 3.02. The van der Waals surface area contributed by atoms with Crippen LogP contribution in [0.1, 0.15) is 19.8 Å². The first-order valence-electron chi connectivity index (χ1n) is 5.66. The summed E-state index contributed by atoms with van der Waals surface area (Å²) >= 11 is 0. The molecule has 0 amide bonds. The Morgan fingerprint density at radius 1 is 1.38 bits per heavy atom. The maximum atomic E-state index is 11.3. The van der Waals surface area contributed by atoms with E-state index in [4.69, 9.17) is 15.2 Å². The molecule has 0 saturated carbocycles.